The third-order valence-electron chi connectivity index (χ3n) is 2.26. The molecule has 0 amide bonds. The number of rotatable bonds is 4. The van der Waals surface area contributed by atoms with Crippen LogP contribution in [-0.2, 0) is 14.9 Å². The van der Waals surface area contributed by atoms with Crippen molar-refractivity contribution in [3.8, 4) is 0 Å². The summed E-state index contributed by atoms with van der Waals surface area (Å²) in [4.78, 5) is 11.6. The fraction of sp³-hybridized carbons (Fsp3) is 0.300. The molecule has 0 radical (unpaired) electrons. The van der Waals surface area contributed by atoms with Gasteiger partial charge in [0.05, 0.1) is 5.56 Å². The number of hydrogen-bond acceptors (Lipinski definition) is 5. The fourth-order valence-electron chi connectivity index (χ4n) is 1.30. The average Bonchev–Trinajstić information content (AvgIpc) is 2.31. The molecule has 13 heteroatoms. The third-order valence-corrected chi connectivity index (χ3v) is 4.39. The van der Waals surface area contributed by atoms with Crippen LogP contribution in [0.2, 0.25) is 0 Å². The molecule has 1 aromatic carbocycles. The Labute approximate surface area is 153 Å². The van der Waals surface area contributed by atoms with E-state index in [4.69, 9.17) is 0 Å². The SMILES string of the molecule is O=C(OC(C(F)(F)F)C(F)(F)S(=O)(=O)[O-])c1cc(I)cc(I)c1. The maximum absolute atomic E-state index is 13.2. The summed E-state index contributed by atoms with van der Waals surface area (Å²) in [6.07, 6.45) is -10.4. The van der Waals surface area contributed by atoms with Crippen LogP contribution in [0.4, 0.5) is 22.0 Å². The Balaban J connectivity index is 3.25. The molecule has 1 rings (SSSR count). The van der Waals surface area contributed by atoms with Gasteiger partial charge in [-0.25, -0.2) is 13.2 Å². The first-order chi connectivity index (χ1) is 10.2. The number of carbonyl (C=O) groups excluding carboxylic acids is 1. The van der Waals surface area contributed by atoms with E-state index >= 15 is 0 Å². The summed E-state index contributed by atoms with van der Waals surface area (Å²) in [6.45, 7) is 0. The molecule has 0 N–H and O–H groups in total. The summed E-state index contributed by atoms with van der Waals surface area (Å²) in [5.41, 5.74) is -0.505. The zero-order chi connectivity index (χ0) is 18.2. The minimum Gasteiger partial charge on any atom is -0.743 e. The minimum atomic E-state index is -6.71. The van der Waals surface area contributed by atoms with Crippen LogP contribution in [0.15, 0.2) is 18.2 Å². The highest BCUT2D eigenvalue weighted by Crippen LogP contribution is 2.38. The van der Waals surface area contributed by atoms with Crippen molar-refractivity contribution in [1.29, 1.82) is 0 Å². The third kappa shape index (κ3) is 5.09. The predicted molar refractivity (Wildman–Crippen MR) is 81.8 cm³/mol. The van der Waals surface area contributed by atoms with Crippen LogP contribution >= 0.6 is 45.2 Å². The lowest BCUT2D eigenvalue weighted by Crippen LogP contribution is -2.52. The molecule has 0 bridgehead atoms. The predicted octanol–water partition coefficient (Wildman–Crippen LogP) is 3.12. The first-order valence-corrected chi connectivity index (χ1v) is 8.80. The summed E-state index contributed by atoms with van der Waals surface area (Å²) in [6, 6.07) is 3.61. The van der Waals surface area contributed by atoms with Gasteiger partial charge in [-0.05, 0) is 63.4 Å². The zero-order valence-electron chi connectivity index (χ0n) is 10.4. The quantitative estimate of drug-likeness (QED) is 0.235. The molecule has 0 spiro atoms. The second-order valence-electron chi connectivity index (χ2n) is 4.00. The Hall–Kier alpha value is -0.290. The normalized spacial score (nSPS) is 14.4. The van der Waals surface area contributed by atoms with E-state index in [1.165, 1.54) is 6.07 Å². The van der Waals surface area contributed by atoms with Gasteiger partial charge in [-0.3, -0.25) is 0 Å². The molecule has 130 valence electrons. The molecule has 0 aromatic heterocycles. The second kappa shape index (κ2) is 6.91. The van der Waals surface area contributed by atoms with Crippen molar-refractivity contribution in [2.45, 2.75) is 17.5 Å². The smallest absolute Gasteiger partial charge is 0.432 e. The highest BCUT2D eigenvalue weighted by atomic mass is 127. The van der Waals surface area contributed by atoms with Crippen molar-refractivity contribution >= 4 is 61.3 Å². The van der Waals surface area contributed by atoms with Crippen molar-refractivity contribution < 1.29 is 44.5 Å². The Kier molecular flexibility index (Phi) is 6.23. The molecule has 0 saturated carbocycles. The number of carbonyl (C=O) groups is 1. The van der Waals surface area contributed by atoms with Crippen molar-refractivity contribution in [3.05, 3.63) is 30.9 Å². The van der Waals surface area contributed by atoms with Crippen LogP contribution in [0.1, 0.15) is 10.4 Å². The molecule has 23 heavy (non-hydrogen) atoms. The lowest BCUT2D eigenvalue weighted by atomic mass is 10.2. The van der Waals surface area contributed by atoms with Gasteiger partial charge < -0.3 is 9.29 Å². The molecular weight excluding hydrogens is 581 g/mol. The fourth-order valence-corrected chi connectivity index (χ4v) is 3.69. The topological polar surface area (TPSA) is 83.5 Å². The summed E-state index contributed by atoms with van der Waals surface area (Å²) in [5.74, 6) is -1.84. The van der Waals surface area contributed by atoms with Gasteiger partial charge in [-0.15, -0.1) is 0 Å². The second-order valence-corrected chi connectivity index (χ2v) is 7.94. The van der Waals surface area contributed by atoms with Crippen LogP contribution < -0.4 is 0 Å². The van der Waals surface area contributed by atoms with Gasteiger partial charge >= 0.3 is 17.4 Å². The molecular formula is C10H4F5I2O5S-. The number of alkyl halides is 5. The van der Waals surface area contributed by atoms with Gasteiger partial charge in [0.25, 0.3) is 6.10 Å². The van der Waals surface area contributed by atoms with Crippen LogP contribution in [0.5, 0.6) is 0 Å². The van der Waals surface area contributed by atoms with Crippen LogP contribution in [0.3, 0.4) is 0 Å². The highest BCUT2D eigenvalue weighted by Gasteiger charge is 2.63. The van der Waals surface area contributed by atoms with E-state index in [0.717, 1.165) is 12.1 Å². The van der Waals surface area contributed by atoms with Crippen molar-refractivity contribution in [1.82, 2.24) is 0 Å². The molecule has 5 nitrogen and oxygen atoms in total. The molecule has 1 atom stereocenters. The monoisotopic (exact) mass is 585 g/mol. The van der Waals surface area contributed by atoms with E-state index in [1.54, 1.807) is 45.2 Å². The number of halogens is 7. The van der Waals surface area contributed by atoms with Gasteiger partial charge in [0.15, 0.2) is 10.1 Å². The Bertz CT molecular complexity index is 699. The standard InChI is InChI=1S/C10H5F5I2O5S/c11-9(12,13)8(10(14,15)23(19,20)21)22-7(18)4-1-5(16)3-6(17)2-4/h1-3,8H,(H,19,20,21)/p-1. The van der Waals surface area contributed by atoms with E-state index < -0.39 is 39.2 Å². The van der Waals surface area contributed by atoms with Crippen molar-refractivity contribution in [2.24, 2.45) is 0 Å². The molecule has 0 fully saturated rings. The Morgan fingerprint density at radius 1 is 1.09 bits per heavy atom. The van der Waals surface area contributed by atoms with E-state index in [1.807, 2.05) is 0 Å². The highest BCUT2D eigenvalue weighted by molar-refractivity contribution is 14.1. The molecule has 0 aliphatic rings. The maximum atomic E-state index is 13.2. The van der Waals surface area contributed by atoms with Crippen LogP contribution in [-0.4, -0.2) is 36.5 Å². The van der Waals surface area contributed by atoms with E-state index in [-0.39, 0.29) is 0 Å². The van der Waals surface area contributed by atoms with Crippen molar-refractivity contribution in [2.75, 3.05) is 0 Å². The minimum absolute atomic E-state index is 0.396. The van der Waals surface area contributed by atoms with E-state index in [9.17, 15) is 39.7 Å². The Morgan fingerprint density at radius 2 is 1.52 bits per heavy atom. The van der Waals surface area contributed by atoms with Crippen LogP contribution in [0, 0.1) is 7.14 Å². The lowest BCUT2D eigenvalue weighted by Gasteiger charge is -2.29. The summed E-state index contributed by atoms with van der Waals surface area (Å²) >= 11 is 3.43. The molecule has 0 aliphatic heterocycles. The maximum Gasteiger partial charge on any atom is 0.432 e. The zero-order valence-corrected chi connectivity index (χ0v) is 15.5. The number of hydrogen-bond donors (Lipinski definition) is 0. The van der Waals surface area contributed by atoms with Gasteiger partial charge in [0.1, 0.15) is 0 Å². The largest absolute Gasteiger partial charge is 0.743 e. The first kappa shape index (κ1) is 20.8. The summed E-state index contributed by atoms with van der Waals surface area (Å²) in [5, 5.41) is -5.87. The lowest BCUT2D eigenvalue weighted by molar-refractivity contribution is -0.248. The van der Waals surface area contributed by atoms with Gasteiger partial charge in [0, 0.05) is 7.14 Å². The van der Waals surface area contributed by atoms with E-state index in [2.05, 4.69) is 4.74 Å². The summed E-state index contributed by atoms with van der Waals surface area (Å²) in [7, 11) is -6.71. The molecule has 1 aromatic rings. The van der Waals surface area contributed by atoms with Crippen molar-refractivity contribution in [3.63, 3.8) is 0 Å². The van der Waals surface area contributed by atoms with Gasteiger partial charge in [-0.1, -0.05) is 0 Å². The number of benzene rings is 1. The van der Waals surface area contributed by atoms with Gasteiger partial charge in [-0.2, -0.15) is 22.0 Å². The molecule has 0 saturated heterocycles. The average molecular weight is 585 g/mol. The number of esters is 1. The van der Waals surface area contributed by atoms with Crippen LogP contribution in [0.25, 0.3) is 0 Å². The molecule has 0 aliphatic carbocycles. The molecule has 0 heterocycles. The Morgan fingerprint density at radius 3 is 1.87 bits per heavy atom. The first-order valence-electron chi connectivity index (χ1n) is 5.23. The molecule has 1 unspecified atom stereocenters. The van der Waals surface area contributed by atoms with Gasteiger partial charge in [0.2, 0.25) is 0 Å². The number of ether oxygens (including phenoxy) is 1. The van der Waals surface area contributed by atoms with E-state index in [0.29, 0.717) is 7.14 Å². The summed E-state index contributed by atoms with van der Waals surface area (Å²) < 4.78 is 99.8.